The molecular weight excluding hydrogens is 382 g/mol. The summed E-state index contributed by atoms with van der Waals surface area (Å²) < 4.78 is 12.6. The molecule has 0 saturated carbocycles. The number of fused-ring (bicyclic) bond motifs is 1. The summed E-state index contributed by atoms with van der Waals surface area (Å²) in [7, 11) is 0. The van der Waals surface area contributed by atoms with E-state index >= 15 is 0 Å². The molecule has 1 aliphatic rings. The number of imidazole rings is 1. The number of aromatic nitrogens is 4. The van der Waals surface area contributed by atoms with Crippen LogP contribution in [0.1, 0.15) is 45.8 Å². The summed E-state index contributed by atoms with van der Waals surface area (Å²) >= 11 is 0. The van der Waals surface area contributed by atoms with Crippen molar-refractivity contribution < 1.29 is 29.3 Å². The molecule has 0 radical (unpaired) electrons. The maximum Gasteiger partial charge on any atom is 0.306 e. The van der Waals surface area contributed by atoms with Crippen LogP contribution >= 0.6 is 0 Å². The van der Waals surface area contributed by atoms with E-state index in [-0.39, 0.29) is 18.1 Å². The average molecular weight is 407 g/mol. The highest BCUT2D eigenvalue weighted by atomic mass is 16.6. The van der Waals surface area contributed by atoms with Gasteiger partial charge in [-0.3, -0.25) is 14.2 Å². The molecule has 3 heterocycles. The van der Waals surface area contributed by atoms with Gasteiger partial charge < -0.3 is 25.0 Å². The lowest BCUT2D eigenvalue weighted by atomic mass is 10.1. The van der Waals surface area contributed by atoms with Gasteiger partial charge in [0.1, 0.15) is 18.5 Å². The molecule has 158 valence electrons. The van der Waals surface area contributed by atoms with Gasteiger partial charge in [0.2, 0.25) is 5.91 Å². The molecule has 2 aromatic rings. The number of carbonyl (C=O) groups is 2. The van der Waals surface area contributed by atoms with Crippen molar-refractivity contribution in [2.75, 3.05) is 11.9 Å². The van der Waals surface area contributed by atoms with Crippen molar-refractivity contribution in [2.45, 2.75) is 64.1 Å². The summed E-state index contributed by atoms with van der Waals surface area (Å²) in [5.74, 6) is -0.416. The molecule has 11 heteroatoms. The van der Waals surface area contributed by atoms with Crippen molar-refractivity contribution in [1.29, 1.82) is 0 Å². The first-order valence-electron chi connectivity index (χ1n) is 9.61. The largest absolute Gasteiger partial charge is 0.455 e. The first-order valence-corrected chi connectivity index (χ1v) is 9.61. The van der Waals surface area contributed by atoms with Gasteiger partial charge in [-0.25, -0.2) is 15.0 Å². The molecular formula is C18H25N5O6. The minimum Gasteiger partial charge on any atom is -0.455 e. The number of nitrogens with zero attached hydrogens (tertiary/aromatic N) is 4. The zero-order valence-electron chi connectivity index (χ0n) is 16.3. The van der Waals surface area contributed by atoms with Crippen molar-refractivity contribution in [1.82, 2.24) is 19.5 Å². The van der Waals surface area contributed by atoms with Gasteiger partial charge >= 0.3 is 5.97 Å². The molecule has 2 aromatic heterocycles. The van der Waals surface area contributed by atoms with Crippen LogP contribution in [0.15, 0.2) is 12.7 Å². The fraction of sp³-hybridized carbons (Fsp3) is 0.611. The minimum atomic E-state index is -1.21. The van der Waals surface area contributed by atoms with Crippen LogP contribution in [0.5, 0.6) is 0 Å². The molecule has 4 atom stereocenters. The normalized spacial score (nSPS) is 24.0. The Morgan fingerprint density at radius 2 is 2.00 bits per heavy atom. The third kappa shape index (κ3) is 4.36. The molecule has 1 amide bonds. The van der Waals surface area contributed by atoms with Gasteiger partial charge in [-0.2, -0.15) is 0 Å². The molecule has 0 aromatic carbocycles. The maximum absolute atomic E-state index is 12.0. The molecule has 1 saturated heterocycles. The molecule has 0 bridgehead atoms. The van der Waals surface area contributed by atoms with E-state index in [1.54, 1.807) is 0 Å². The number of aliphatic hydroxyl groups is 2. The van der Waals surface area contributed by atoms with Gasteiger partial charge in [0.25, 0.3) is 0 Å². The Morgan fingerprint density at radius 1 is 1.24 bits per heavy atom. The first kappa shape index (κ1) is 21.1. The number of carbonyl (C=O) groups excluding carboxylic acids is 2. The van der Waals surface area contributed by atoms with E-state index in [9.17, 15) is 19.8 Å². The summed E-state index contributed by atoms with van der Waals surface area (Å²) in [6.07, 6.45) is 0.378. The van der Waals surface area contributed by atoms with Crippen molar-refractivity contribution >= 4 is 28.9 Å². The molecule has 11 nitrogen and oxygen atoms in total. The quantitative estimate of drug-likeness (QED) is 0.533. The Kier molecular flexibility index (Phi) is 6.72. The third-order valence-electron chi connectivity index (χ3n) is 4.58. The number of ether oxygens (including phenoxy) is 2. The van der Waals surface area contributed by atoms with Crippen LogP contribution in [-0.2, 0) is 19.1 Å². The van der Waals surface area contributed by atoms with E-state index < -0.39 is 37.1 Å². The molecule has 1 aliphatic heterocycles. The van der Waals surface area contributed by atoms with Gasteiger partial charge in [0.15, 0.2) is 29.3 Å². The number of nitrogens with one attached hydrogen (secondary N) is 1. The smallest absolute Gasteiger partial charge is 0.306 e. The van der Waals surface area contributed by atoms with Gasteiger partial charge in [-0.05, 0) is 12.8 Å². The van der Waals surface area contributed by atoms with Crippen LogP contribution in [0.4, 0.5) is 5.82 Å². The zero-order valence-corrected chi connectivity index (χ0v) is 16.3. The SMILES string of the molecule is CCCC(=O)Nc1ncnc2c1ncn2[C@@H]1O[C@H](CO)[C@@H](O)[C@H]1OC(=O)CCC. The standard InChI is InChI=1S/C18H25N5O6/c1-3-5-11(25)22-16-13-17(20-8-19-16)23(9-21-13)18-15(29-12(26)6-4-2)14(27)10(7-24)28-18/h8-10,14-15,18,24,27H,3-7H2,1-2H3,(H,19,20,22,25)/t10-,14-,15-,18-/m1/s1. The predicted molar refractivity (Wildman–Crippen MR) is 101 cm³/mol. The number of hydrogen-bond acceptors (Lipinski definition) is 9. The Bertz CT molecular complexity index is 872. The summed E-state index contributed by atoms with van der Waals surface area (Å²) in [5, 5.41) is 22.6. The highest BCUT2D eigenvalue weighted by Gasteiger charge is 2.47. The Labute approximate surface area is 167 Å². The topological polar surface area (TPSA) is 149 Å². The summed E-state index contributed by atoms with van der Waals surface area (Å²) in [6, 6.07) is 0. The molecule has 3 N–H and O–H groups in total. The van der Waals surface area contributed by atoms with Crippen molar-refractivity contribution in [3.8, 4) is 0 Å². The zero-order chi connectivity index (χ0) is 21.0. The summed E-state index contributed by atoms with van der Waals surface area (Å²) in [5.41, 5.74) is 0.667. The average Bonchev–Trinajstić information content (AvgIpc) is 3.24. The third-order valence-corrected chi connectivity index (χ3v) is 4.58. The highest BCUT2D eigenvalue weighted by molar-refractivity contribution is 5.96. The maximum atomic E-state index is 12.0. The van der Waals surface area contributed by atoms with E-state index in [2.05, 4.69) is 20.3 Å². The molecule has 0 aliphatic carbocycles. The lowest BCUT2D eigenvalue weighted by Gasteiger charge is -2.21. The van der Waals surface area contributed by atoms with Gasteiger partial charge in [0.05, 0.1) is 12.9 Å². The number of anilines is 1. The number of rotatable bonds is 8. The van der Waals surface area contributed by atoms with Crippen LogP contribution in [0.3, 0.4) is 0 Å². The van der Waals surface area contributed by atoms with Gasteiger partial charge in [0, 0.05) is 12.8 Å². The lowest BCUT2D eigenvalue weighted by Crippen LogP contribution is -2.37. The second-order valence-electron chi connectivity index (χ2n) is 6.79. The van der Waals surface area contributed by atoms with Gasteiger partial charge in [-0.15, -0.1) is 0 Å². The van der Waals surface area contributed by atoms with Crippen molar-refractivity contribution in [3.63, 3.8) is 0 Å². The summed E-state index contributed by atoms with van der Waals surface area (Å²) in [4.78, 5) is 36.5. The number of hydrogen-bond donors (Lipinski definition) is 3. The molecule has 3 rings (SSSR count). The minimum absolute atomic E-state index is 0.193. The monoisotopic (exact) mass is 407 g/mol. The van der Waals surface area contributed by atoms with Gasteiger partial charge in [-0.1, -0.05) is 13.8 Å². The Hall–Kier alpha value is -2.63. The molecule has 0 unspecified atom stereocenters. The second-order valence-corrected chi connectivity index (χ2v) is 6.79. The van der Waals surface area contributed by atoms with Crippen LogP contribution in [-0.4, -0.2) is 66.5 Å². The molecule has 29 heavy (non-hydrogen) atoms. The Balaban J connectivity index is 1.93. The van der Waals surface area contributed by atoms with Crippen LogP contribution in [0.25, 0.3) is 11.2 Å². The number of esters is 1. The fourth-order valence-electron chi connectivity index (χ4n) is 3.19. The van der Waals surface area contributed by atoms with E-state index in [1.165, 1.54) is 17.2 Å². The number of aliphatic hydroxyl groups excluding tert-OH is 2. The van der Waals surface area contributed by atoms with E-state index in [1.807, 2.05) is 13.8 Å². The van der Waals surface area contributed by atoms with Crippen molar-refractivity contribution in [2.24, 2.45) is 0 Å². The van der Waals surface area contributed by atoms with Crippen LogP contribution in [0, 0.1) is 0 Å². The highest BCUT2D eigenvalue weighted by Crippen LogP contribution is 2.34. The van der Waals surface area contributed by atoms with E-state index in [0.29, 0.717) is 30.4 Å². The second kappa shape index (κ2) is 9.25. The predicted octanol–water partition coefficient (Wildman–Crippen LogP) is 0.527. The molecule has 1 fully saturated rings. The van der Waals surface area contributed by atoms with Crippen LogP contribution < -0.4 is 5.32 Å². The number of amides is 1. The van der Waals surface area contributed by atoms with E-state index in [4.69, 9.17) is 9.47 Å². The fourth-order valence-corrected chi connectivity index (χ4v) is 3.19. The van der Waals surface area contributed by atoms with Crippen molar-refractivity contribution in [3.05, 3.63) is 12.7 Å². The lowest BCUT2D eigenvalue weighted by molar-refractivity contribution is -0.158. The van der Waals surface area contributed by atoms with E-state index in [0.717, 1.165) is 0 Å². The van der Waals surface area contributed by atoms with Crippen LogP contribution in [0.2, 0.25) is 0 Å². The molecule has 0 spiro atoms. The summed E-state index contributed by atoms with van der Waals surface area (Å²) in [6.45, 7) is 3.29. The first-order chi connectivity index (χ1) is 14.0. The Morgan fingerprint density at radius 3 is 2.69 bits per heavy atom.